The molecule has 0 bridgehead atoms. The van der Waals surface area contributed by atoms with Crippen LogP contribution in [0.15, 0.2) is 10.7 Å². The molecular formula is C13H18N2O5. The fraction of sp³-hybridized carbons (Fsp3) is 0.615. The molecule has 0 aromatic carbocycles. The van der Waals surface area contributed by atoms with Gasteiger partial charge in [-0.1, -0.05) is 6.92 Å². The van der Waals surface area contributed by atoms with Crippen molar-refractivity contribution in [3.05, 3.63) is 12.0 Å². The topological polar surface area (TPSA) is 92.9 Å². The maximum absolute atomic E-state index is 11.5. The highest BCUT2D eigenvalue weighted by atomic mass is 16.5. The molecule has 0 spiro atoms. The molecule has 110 valence electrons. The molecule has 1 saturated heterocycles. The van der Waals surface area contributed by atoms with E-state index in [4.69, 9.17) is 9.15 Å². The average Bonchev–Trinajstić information content (AvgIpc) is 2.88. The summed E-state index contributed by atoms with van der Waals surface area (Å²) >= 11 is 0. The Kier molecular flexibility index (Phi) is 4.26. The maximum atomic E-state index is 11.5. The summed E-state index contributed by atoms with van der Waals surface area (Å²) in [6.45, 7) is 4.51. The number of carbonyl (C=O) groups excluding carboxylic acids is 1. The van der Waals surface area contributed by atoms with Crippen LogP contribution in [0.3, 0.4) is 0 Å². The minimum atomic E-state index is -0.910. The molecule has 2 atom stereocenters. The number of aliphatic carboxylic acids is 1. The lowest BCUT2D eigenvalue weighted by Gasteiger charge is -2.34. The summed E-state index contributed by atoms with van der Waals surface area (Å²) < 4.78 is 10.1. The Labute approximate surface area is 116 Å². The molecule has 20 heavy (non-hydrogen) atoms. The number of nitrogens with zero attached hydrogens (tertiary/aromatic N) is 2. The Hall–Kier alpha value is -2.05. The van der Waals surface area contributed by atoms with Crippen LogP contribution in [-0.4, -0.2) is 41.2 Å². The second-order valence-corrected chi connectivity index (χ2v) is 4.91. The zero-order chi connectivity index (χ0) is 14.7. The largest absolute Gasteiger partial charge is 0.480 e. The number of carboxylic acids is 1. The zero-order valence-corrected chi connectivity index (χ0v) is 11.5. The predicted octanol–water partition coefficient (Wildman–Crippen LogP) is 1.54. The highest BCUT2D eigenvalue weighted by Gasteiger charge is 2.34. The molecule has 1 aromatic rings. The fourth-order valence-electron chi connectivity index (χ4n) is 2.30. The van der Waals surface area contributed by atoms with Gasteiger partial charge in [-0.2, -0.15) is 4.98 Å². The zero-order valence-electron chi connectivity index (χ0n) is 11.5. The average molecular weight is 282 g/mol. The van der Waals surface area contributed by atoms with E-state index < -0.39 is 18.0 Å². The van der Waals surface area contributed by atoms with Gasteiger partial charge in [0.15, 0.2) is 5.69 Å². The van der Waals surface area contributed by atoms with Crippen LogP contribution in [0, 0.1) is 5.92 Å². The van der Waals surface area contributed by atoms with E-state index in [2.05, 4.69) is 4.98 Å². The molecule has 0 radical (unpaired) electrons. The molecule has 0 aliphatic carbocycles. The highest BCUT2D eigenvalue weighted by Crippen LogP contribution is 2.27. The third-order valence-corrected chi connectivity index (χ3v) is 3.37. The molecule has 1 aliphatic heterocycles. The number of ether oxygens (including phenoxy) is 1. The number of esters is 1. The third kappa shape index (κ3) is 2.92. The standard InChI is InChI=1S/C13H18N2O5/c1-3-19-12(18)9-7-20-13(14-9)15-5-4-8(2)6-10(15)11(16)17/h7-8,10H,3-6H2,1-2H3,(H,16,17). The summed E-state index contributed by atoms with van der Waals surface area (Å²) in [5.74, 6) is -1.14. The van der Waals surface area contributed by atoms with Crippen molar-refractivity contribution in [2.24, 2.45) is 5.92 Å². The molecule has 0 saturated carbocycles. The van der Waals surface area contributed by atoms with E-state index in [9.17, 15) is 14.7 Å². The number of anilines is 1. The van der Waals surface area contributed by atoms with Crippen LogP contribution in [0.5, 0.6) is 0 Å². The number of piperidine rings is 1. The second-order valence-electron chi connectivity index (χ2n) is 4.91. The quantitative estimate of drug-likeness (QED) is 0.837. The van der Waals surface area contributed by atoms with Gasteiger partial charge in [-0.05, 0) is 25.7 Å². The number of oxazole rings is 1. The van der Waals surface area contributed by atoms with Gasteiger partial charge in [0.05, 0.1) is 6.61 Å². The molecule has 7 heteroatoms. The van der Waals surface area contributed by atoms with E-state index >= 15 is 0 Å². The lowest BCUT2D eigenvalue weighted by atomic mass is 9.93. The lowest BCUT2D eigenvalue weighted by Crippen LogP contribution is -2.47. The number of carboxylic acid groups (broad SMARTS) is 1. The van der Waals surface area contributed by atoms with E-state index in [0.717, 1.165) is 6.42 Å². The van der Waals surface area contributed by atoms with E-state index in [1.165, 1.54) is 6.26 Å². The number of hydrogen-bond donors (Lipinski definition) is 1. The number of hydrogen-bond acceptors (Lipinski definition) is 6. The Morgan fingerprint density at radius 2 is 2.35 bits per heavy atom. The van der Waals surface area contributed by atoms with Crippen molar-refractivity contribution in [3.8, 4) is 0 Å². The predicted molar refractivity (Wildman–Crippen MR) is 69.6 cm³/mol. The van der Waals surface area contributed by atoms with Crippen molar-refractivity contribution < 1.29 is 23.8 Å². The fourth-order valence-corrected chi connectivity index (χ4v) is 2.30. The summed E-state index contributed by atoms with van der Waals surface area (Å²) in [6.07, 6.45) is 2.59. The molecule has 1 aliphatic rings. The first-order valence-corrected chi connectivity index (χ1v) is 6.65. The molecular weight excluding hydrogens is 264 g/mol. The van der Waals surface area contributed by atoms with Crippen molar-refractivity contribution in [3.63, 3.8) is 0 Å². The van der Waals surface area contributed by atoms with Crippen LogP contribution in [0.2, 0.25) is 0 Å². The van der Waals surface area contributed by atoms with E-state index in [1.807, 2.05) is 6.92 Å². The van der Waals surface area contributed by atoms with Gasteiger partial charge in [-0.3, -0.25) is 0 Å². The Morgan fingerprint density at radius 3 is 3.00 bits per heavy atom. The van der Waals surface area contributed by atoms with Gasteiger partial charge in [0, 0.05) is 6.54 Å². The normalized spacial score (nSPS) is 22.6. The SMILES string of the molecule is CCOC(=O)c1coc(N2CCC(C)CC2C(=O)O)n1. The van der Waals surface area contributed by atoms with Crippen molar-refractivity contribution in [2.75, 3.05) is 18.1 Å². The van der Waals surface area contributed by atoms with Crippen molar-refractivity contribution >= 4 is 18.0 Å². The Balaban J connectivity index is 2.17. The monoisotopic (exact) mass is 282 g/mol. The summed E-state index contributed by atoms with van der Waals surface area (Å²) in [6, 6.07) is -0.514. The van der Waals surface area contributed by atoms with E-state index in [-0.39, 0.29) is 18.3 Å². The first kappa shape index (κ1) is 14.4. The molecule has 2 rings (SSSR count). The van der Waals surface area contributed by atoms with Crippen molar-refractivity contribution in [1.29, 1.82) is 0 Å². The van der Waals surface area contributed by atoms with Gasteiger partial charge in [0.2, 0.25) is 0 Å². The van der Waals surface area contributed by atoms with Gasteiger partial charge in [-0.25, -0.2) is 9.59 Å². The first-order chi connectivity index (χ1) is 9.52. The summed E-state index contributed by atoms with van der Waals surface area (Å²) in [4.78, 5) is 28.5. The van der Waals surface area contributed by atoms with Crippen LogP contribution in [0.25, 0.3) is 0 Å². The summed E-state index contributed by atoms with van der Waals surface area (Å²) in [5, 5.41) is 9.29. The van der Waals surface area contributed by atoms with Gasteiger partial charge >= 0.3 is 11.9 Å². The smallest absolute Gasteiger partial charge is 0.360 e. The molecule has 1 N–H and O–H groups in total. The van der Waals surface area contributed by atoms with Gasteiger partial charge in [-0.15, -0.1) is 0 Å². The number of aromatic nitrogens is 1. The first-order valence-electron chi connectivity index (χ1n) is 6.65. The molecule has 2 heterocycles. The van der Waals surface area contributed by atoms with Crippen LogP contribution >= 0.6 is 0 Å². The molecule has 2 unspecified atom stereocenters. The minimum absolute atomic E-state index is 0.0598. The summed E-state index contributed by atoms with van der Waals surface area (Å²) in [7, 11) is 0. The second kappa shape index (κ2) is 5.94. The lowest BCUT2D eigenvalue weighted by molar-refractivity contribution is -0.139. The van der Waals surface area contributed by atoms with Crippen molar-refractivity contribution in [2.45, 2.75) is 32.7 Å². The molecule has 1 fully saturated rings. The van der Waals surface area contributed by atoms with Crippen LogP contribution in [0.4, 0.5) is 6.01 Å². The van der Waals surface area contributed by atoms with Crippen LogP contribution in [0.1, 0.15) is 37.2 Å². The number of rotatable bonds is 4. The van der Waals surface area contributed by atoms with Crippen LogP contribution in [-0.2, 0) is 9.53 Å². The van der Waals surface area contributed by atoms with Gasteiger partial charge < -0.3 is 19.2 Å². The Bertz CT molecular complexity index is 499. The third-order valence-electron chi connectivity index (χ3n) is 3.37. The molecule has 7 nitrogen and oxygen atoms in total. The maximum Gasteiger partial charge on any atom is 0.360 e. The van der Waals surface area contributed by atoms with Crippen molar-refractivity contribution in [1.82, 2.24) is 4.98 Å². The van der Waals surface area contributed by atoms with Gasteiger partial charge in [0.25, 0.3) is 6.01 Å². The highest BCUT2D eigenvalue weighted by molar-refractivity contribution is 5.87. The van der Waals surface area contributed by atoms with E-state index in [0.29, 0.717) is 18.9 Å². The van der Waals surface area contributed by atoms with Gasteiger partial charge in [0.1, 0.15) is 12.3 Å². The van der Waals surface area contributed by atoms with Crippen LogP contribution < -0.4 is 4.90 Å². The van der Waals surface area contributed by atoms with E-state index in [1.54, 1.807) is 11.8 Å². The number of carbonyl (C=O) groups is 2. The minimum Gasteiger partial charge on any atom is -0.480 e. The molecule has 0 amide bonds. The molecule has 1 aromatic heterocycles. The summed E-state index contributed by atoms with van der Waals surface area (Å²) in [5.41, 5.74) is 0.0598. The Morgan fingerprint density at radius 1 is 1.60 bits per heavy atom.